The molecule has 9 nitrogen and oxygen atoms in total. The number of amides is 2. The number of fused-ring (bicyclic) bond motifs is 1. The van der Waals surface area contributed by atoms with Crippen LogP contribution in [0.15, 0.2) is 53.0 Å². The van der Waals surface area contributed by atoms with Crippen molar-refractivity contribution in [3.8, 4) is 0 Å². The summed E-state index contributed by atoms with van der Waals surface area (Å²) in [6.45, 7) is 3.16. The molecule has 0 bridgehead atoms. The zero-order valence-electron chi connectivity index (χ0n) is 21.4. The molecular weight excluding hydrogens is 595 g/mol. The van der Waals surface area contributed by atoms with E-state index in [4.69, 9.17) is 5.11 Å². The zero-order valence-corrected chi connectivity index (χ0v) is 23.0. The molecule has 2 heterocycles. The number of hydrogen-bond acceptors (Lipinski definition) is 6. The van der Waals surface area contributed by atoms with Crippen LogP contribution in [0.3, 0.4) is 0 Å². The van der Waals surface area contributed by atoms with Crippen molar-refractivity contribution in [2.75, 3.05) is 18.5 Å². The van der Waals surface area contributed by atoms with Gasteiger partial charge in [0.2, 0.25) is 0 Å². The van der Waals surface area contributed by atoms with Gasteiger partial charge in [-0.2, -0.15) is 18.3 Å². The first-order valence-electron chi connectivity index (χ1n) is 12.1. The van der Waals surface area contributed by atoms with Crippen molar-refractivity contribution in [2.45, 2.75) is 32.7 Å². The first-order chi connectivity index (χ1) is 18.9. The number of nitrogens with one attached hydrogen (secondary N) is 2. The number of alkyl halides is 3. The molecule has 1 atom stereocenters. The highest BCUT2D eigenvalue weighted by Crippen LogP contribution is 2.32. The van der Waals surface area contributed by atoms with Gasteiger partial charge in [-0.15, -0.1) is 0 Å². The summed E-state index contributed by atoms with van der Waals surface area (Å²) < 4.78 is 42.7. The van der Waals surface area contributed by atoms with Gasteiger partial charge in [0.05, 0.1) is 47.4 Å². The predicted molar refractivity (Wildman–Crippen MR) is 145 cm³/mol. The number of carbonyl (C=O) groups is 2. The van der Waals surface area contributed by atoms with Crippen LogP contribution in [0.5, 0.6) is 0 Å². The third-order valence-corrected chi connectivity index (χ3v) is 6.68. The molecule has 4 aromatic rings. The molecule has 0 aliphatic carbocycles. The molecule has 0 saturated heterocycles. The summed E-state index contributed by atoms with van der Waals surface area (Å²) in [5.74, 6) is -1.14. The zero-order chi connectivity index (χ0) is 29.2. The third-order valence-electron chi connectivity index (χ3n) is 6.18. The molecule has 0 aliphatic heterocycles. The van der Waals surface area contributed by atoms with Crippen LogP contribution < -0.4 is 10.6 Å². The number of anilines is 1. The molecule has 2 amide bonds. The van der Waals surface area contributed by atoms with E-state index in [1.165, 1.54) is 6.07 Å². The van der Waals surface area contributed by atoms with Crippen LogP contribution in [0.25, 0.3) is 10.9 Å². The van der Waals surface area contributed by atoms with E-state index in [1.807, 2.05) is 0 Å². The highest BCUT2D eigenvalue weighted by atomic mass is 79.9. The number of aryl methyl sites for hydroxylation is 1. The average molecular weight is 620 g/mol. The number of hydrogen-bond donors (Lipinski definition) is 4. The van der Waals surface area contributed by atoms with Crippen molar-refractivity contribution in [1.29, 1.82) is 0 Å². The molecule has 0 unspecified atom stereocenters. The average Bonchev–Trinajstić information content (AvgIpc) is 3.17. The Morgan fingerprint density at radius 2 is 1.77 bits per heavy atom. The Balaban J connectivity index is 1.55. The number of rotatable bonds is 8. The molecule has 0 spiro atoms. The van der Waals surface area contributed by atoms with Gasteiger partial charge in [-0.25, -0.2) is 4.98 Å². The van der Waals surface area contributed by atoms with Gasteiger partial charge in [0, 0.05) is 22.0 Å². The number of halogens is 4. The van der Waals surface area contributed by atoms with Crippen LogP contribution in [0.1, 0.15) is 43.4 Å². The maximum absolute atomic E-state index is 13.5. The van der Waals surface area contributed by atoms with E-state index in [0.29, 0.717) is 33.7 Å². The van der Waals surface area contributed by atoms with Crippen molar-refractivity contribution >= 4 is 44.3 Å². The Hall–Kier alpha value is -3.81. The van der Waals surface area contributed by atoms with Crippen molar-refractivity contribution < 1.29 is 33.0 Å². The number of aliphatic hydroxyl groups excluding tert-OH is 2. The molecular formula is C27H25BrF3N5O4. The number of aromatic nitrogens is 3. The largest absolute Gasteiger partial charge is 0.433 e. The minimum absolute atomic E-state index is 0.0361. The molecule has 2 aromatic carbocycles. The van der Waals surface area contributed by atoms with Gasteiger partial charge >= 0.3 is 6.18 Å². The van der Waals surface area contributed by atoms with Gasteiger partial charge in [-0.3, -0.25) is 14.3 Å². The van der Waals surface area contributed by atoms with Crippen LogP contribution in [0.4, 0.5) is 18.9 Å². The molecule has 4 rings (SSSR count). The summed E-state index contributed by atoms with van der Waals surface area (Å²) in [6.07, 6.45) is -5.78. The van der Waals surface area contributed by atoms with Crippen molar-refractivity contribution in [2.24, 2.45) is 0 Å². The second-order valence-electron chi connectivity index (χ2n) is 9.12. The van der Waals surface area contributed by atoms with Crippen LogP contribution in [0, 0.1) is 13.8 Å². The standard InChI is InChI=1S/C27H25BrF3N5O4/c1-14-24(34-26(40)21-10-23(27(29,30)31)33-22-8-7-18(28)9-20(21)22)15(2)36(35-14)12-16-3-5-17(6-4-16)25(39)32-11-19(38)13-37/h3-10,19,37-38H,11-13H2,1-2H3,(H,32,39)(H,34,40)/t19-/m0/s1. The maximum atomic E-state index is 13.5. The lowest BCUT2D eigenvalue weighted by atomic mass is 10.1. The normalized spacial score (nSPS) is 12.4. The topological polar surface area (TPSA) is 129 Å². The highest BCUT2D eigenvalue weighted by Gasteiger charge is 2.34. The molecule has 13 heteroatoms. The molecule has 0 fully saturated rings. The summed E-state index contributed by atoms with van der Waals surface area (Å²) in [7, 11) is 0. The quantitative estimate of drug-likeness (QED) is 0.234. The predicted octanol–water partition coefficient (Wildman–Crippen LogP) is 4.21. The summed E-state index contributed by atoms with van der Waals surface area (Å²) in [6, 6.07) is 11.9. The smallest absolute Gasteiger partial charge is 0.394 e. The van der Waals surface area contributed by atoms with E-state index in [1.54, 1.807) is 54.9 Å². The lowest BCUT2D eigenvalue weighted by molar-refractivity contribution is -0.141. The van der Waals surface area contributed by atoms with Crippen molar-refractivity contribution in [3.05, 3.63) is 86.8 Å². The minimum atomic E-state index is -4.73. The Labute approximate surface area is 235 Å². The Morgan fingerprint density at radius 1 is 1.07 bits per heavy atom. The lowest BCUT2D eigenvalue weighted by Crippen LogP contribution is -2.33. The van der Waals surface area contributed by atoms with Gasteiger partial charge in [0.15, 0.2) is 0 Å². The van der Waals surface area contributed by atoms with E-state index in [2.05, 4.69) is 36.6 Å². The fourth-order valence-corrected chi connectivity index (χ4v) is 4.42. The van der Waals surface area contributed by atoms with Crippen LogP contribution in [0.2, 0.25) is 0 Å². The molecule has 4 N–H and O–H groups in total. The van der Waals surface area contributed by atoms with E-state index in [9.17, 15) is 27.9 Å². The molecule has 2 aromatic heterocycles. The second kappa shape index (κ2) is 11.7. The monoisotopic (exact) mass is 619 g/mol. The molecule has 40 heavy (non-hydrogen) atoms. The van der Waals surface area contributed by atoms with E-state index < -0.39 is 36.4 Å². The third kappa shape index (κ3) is 6.49. The van der Waals surface area contributed by atoms with E-state index >= 15 is 0 Å². The van der Waals surface area contributed by atoms with Crippen LogP contribution in [-0.4, -0.2) is 56.0 Å². The molecule has 0 aliphatic rings. The number of carbonyl (C=O) groups excluding carboxylic acids is 2. The molecule has 0 radical (unpaired) electrons. The van der Waals surface area contributed by atoms with Crippen LogP contribution in [-0.2, 0) is 12.7 Å². The number of benzene rings is 2. The van der Waals surface area contributed by atoms with Crippen LogP contribution >= 0.6 is 15.9 Å². The van der Waals surface area contributed by atoms with Gasteiger partial charge in [-0.1, -0.05) is 28.1 Å². The summed E-state index contributed by atoms with van der Waals surface area (Å²) in [5.41, 5.74) is 1.29. The van der Waals surface area contributed by atoms with Gasteiger partial charge < -0.3 is 20.8 Å². The van der Waals surface area contributed by atoms with Gasteiger partial charge in [-0.05, 0) is 55.8 Å². The fourth-order valence-electron chi connectivity index (χ4n) is 4.06. The van der Waals surface area contributed by atoms with E-state index in [0.717, 1.165) is 11.6 Å². The highest BCUT2D eigenvalue weighted by molar-refractivity contribution is 9.10. The lowest BCUT2D eigenvalue weighted by Gasteiger charge is -2.13. The number of pyridine rings is 1. The Bertz CT molecular complexity index is 1570. The summed E-state index contributed by atoms with van der Waals surface area (Å²) in [5, 5.41) is 28.2. The van der Waals surface area contributed by atoms with Gasteiger partial charge in [0.1, 0.15) is 5.69 Å². The second-order valence-corrected chi connectivity index (χ2v) is 10.0. The first-order valence-corrected chi connectivity index (χ1v) is 12.9. The van der Waals surface area contributed by atoms with Gasteiger partial charge in [0.25, 0.3) is 11.8 Å². The summed E-state index contributed by atoms with van der Waals surface area (Å²) in [4.78, 5) is 29.2. The first kappa shape index (κ1) is 29.2. The number of nitrogens with zero attached hydrogens (tertiary/aromatic N) is 3. The summed E-state index contributed by atoms with van der Waals surface area (Å²) >= 11 is 3.29. The molecule has 210 valence electrons. The maximum Gasteiger partial charge on any atom is 0.433 e. The van der Waals surface area contributed by atoms with E-state index in [-0.39, 0.29) is 23.0 Å². The minimum Gasteiger partial charge on any atom is -0.394 e. The number of aliphatic hydroxyl groups is 2. The SMILES string of the molecule is Cc1nn(Cc2ccc(C(=O)NC[C@H](O)CO)cc2)c(C)c1NC(=O)c1cc(C(F)(F)F)nc2ccc(Br)cc12. The fraction of sp³-hybridized carbons (Fsp3) is 0.259. The Kier molecular flexibility index (Phi) is 8.57. The van der Waals surface area contributed by atoms with Crippen molar-refractivity contribution in [3.63, 3.8) is 0 Å². The Morgan fingerprint density at radius 3 is 2.42 bits per heavy atom. The molecule has 0 saturated carbocycles. The van der Waals surface area contributed by atoms with Crippen molar-refractivity contribution in [1.82, 2.24) is 20.1 Å².